The summed E-state index contributed by atoms with van der Waals surface area (Å²) in [4.78, 5) is 35.8. The number of nitrogens with zero attached hydrogens (tertiary/aromatic N) is 1. The van der Waals surface area contributed by atoms with Crippen LogP contribution < -0.4 is 0 Å². The van der Waals surface area contributed by atoms with Gasteiger partial charge in [-0.15, -0.1) is 0 Å². The van der Waals surface area contributed by atoms with Crippen LogP contribution in [-0.4, -0.2) is 79.3 Å². The van der Waals surface area contributed by atoms with Gasteiger partial charge in [-0.3, -0.25) is 18.6 Å². The zero-order chi connectivity index (χ0) is 38.8. The third-order valence-corrected chi connectivity index (χ3v) is 10.5. The highest BCUT2D eigenvalue weighted by Crippen LogP contribution is 2.43. The minimum Gasteiger partial charge on any atom is -0.457 e. The standard InChI is InChI=1S/C42H82NO8P/c1-6-8-10-12-14-16-18-20-21-23-25-27-29-31-33-35-41(45)51-40(38-50-52(47,48)49-37-36-43(3,4)5)42(46)39(44)34-32-30-28-26-24-22-19-17-15-13-11-9-7-2/h20-21,40,42,46H,6-19,22-38H2,1-5H3/p+1/b21-20-/t40-,42?/m0/s1. The van der Waals surface area contributed by atoms with Gasteiger partial charge in [0.05, 0.1) is 27.7 Å². The minimum atomic E-state index is -4.48. The fourth-order valence-corrected chi connectivity index (χ4v) is 6.79. The number of hydrogen-bond donors (Lipinski definition) is 2. The number of likely N-dealkylation sites (N-methyl/N-ethyl adjacent to an activating group) is 1. The average molecular weight is 761 g/mol. The Morgan fingerprint density at radius 1 is 0.615 bits per heavy atom. The summed E-state index contributed by atoms with van der Waals surface area (Å²) in [5.74, 6) is -1.01. The Balaban J connectivity index is 4.55. The van der Waals surface area contributed by atoms with Crippen molar-refractivity contribution >= 4 is 19.6 Å². The number of carbonyl (C=O) groups is 2. The molecule has 0 spiro atoms. The Morgan fingerprint density at radius 3 is 1.46 bits per heavy atom. The Labute approximate surface area is 320 Å². The number of phosphoric acid groups is 1. The van der Waals surface area contributed by atoms with E-state index in [1.165, 1.54) is 103 Å². The van der Waals surface area contributed by atoms with Gasteiger partial charge in [-0.05, 0) is 38.5 Å². The number of carbonyl (C=O) groups excluding carboxylic acids is 2. The minimum absolute atomic E-state index is 0.0161. The van der Waals surface area contributed by atoms with Gasteiger partial charge in [0.15, 0.2) is 18.0 Å². The predicted octanol–water partition coefficient (Wildman–Crippen LogP) is 11.2. The first kappa shape index (κ1) is 50.9. The first-order valence-corrected chi connectivity index (χ1v) is 22.9. The van der Waals surface area contributed by atoms with E-state index in [-0.39, 0.29) is 19.4 Å². The monoisotopic (exact) mass is 761 g/mol. The topological polar surface area (TPSA) is 119 Å². The summed E-state index contributed by atoms with van der Waals surface area (Å²) in [6.45, 7) is 4.34. The van der Waals surface area contributed by atoms with Gasteiger partial charge in [0.25, 0.3) is 0 Å². The van der Waals surface area contributed by atoms with E-state index in [4.69, 9.17) is 13.8 Å². The van der Waals surface area contributed by atoms with E-state index >= 15 is 0 Å². The second kappa shape index (κ2) is 34.4. The number of ether oxygens (including phenoxy) is 1. The Morgan fingerprint density at radius 2 is 1.02 bits per heavy atom. The lowest BCUT2D eigenvalue weighted by atomic mass is 10.0. The summed E-state index contributed by atoms with van der Waals surface area (Å²) < 4.78 is 28.7. The average Bonchev–Trinajstić information content (AvgIpc) is 3.09. The molecule has 0 saturated heterocycles. The molecule has 0 radical (unpaired) electrons. The van der Waals surface area contributed by atoms with Crippen molar-refractivity contribution in [2.45, 2.75) is 206 Å². The number of esters is 1. The second-order valence-electron chi connectivity index (χ2n) is 15.9. The van der Waals surface area contributed by atoms with Gasteiger partial charge < -0.3 is 19.2 Å². The highest BCUT2D eigenvalue weighted by molar-refractivity contribution is 7.47. The molecule has 308 valence electrons. The third kappa shape index (κ3) is 34.7. The molecule has 0 aliphatic heterocycles. The molecule has 0 amide bonds. The smallest absolute Gasteiger partial charge is 0.457 e. The quantitative estimate of drug-likeness (QED) is 0.0209. The predicted molar refractivity (Wildman–Crippen MR) is 215 cm³/mol. The van der Waals surface area contributed by atoms with Crippen molar-refractivity contribution in [3.63, 3.8) is 0 Å². The fourth-order valence-electron chi connectivity index (χ4n) is 6.06. The van der Waals surface area contributed by atoms with E-state index < -0.39 is 38.4 Å². The lowest BCUT2D eigenvalue weighted by Gasteiger charge is -2.25. The van der Waals surface area contributed by atoms with E-state index in [0.717, 1.165) is 51.4 Å². The molecule has 2 N–H and O–H groups in total. The first-order chi connectivity index (χ1) is 24.9. The molecule has 2 unspecified atom stereocenters. The summed E-state index contributed by atoms with van der Waals surface area (Å²) >= 11 is 0. The lowest BCUT2D eigenvalue weighted by molar-refractivity contribution is -0.870. The molecule has 0 fully saturated rings. The van der Waals surface area contributed by atoms with Crippen molar-refractivity contribution < 1.29 is 42.4 Å². The third-order valence-electron chi connectivity index (χ3n) is 9.55. The fraction of sp³-hybridized carbons (Fsp3) is 0.905. The normalized spacial score (nSPS) is 14.4. The molecule has 0 aromatic heterocycles. The van der Waals surface area contributed by atoms with Crippen LogP contribution in [0, 0.1) is 0 Å². The maximum atomic E-state index is 12.9. The van der Waals surface area contributed by atoms with Crippen molar-refractivity contribution in [2.24, 2.45) is 0 Å². The van der Waals surface area contributed by atoms with Crippen molar-refractivity contribution in [3.05, 3.63) is 12.2 Å². The number of aliphatic hydroxyl groups is 1. The summed E-state index contributed by atoms with van der Waals surface area (Å²) in [5.41, 5.74) is 0. The van der Waals surface area contributed by atoms with Gasteiger partial charge in [-0.2, -0.15) is 0 Å². The summed E-state index contributed by atoms with van der Waals surface area (Å²) in [6.07, 6.45) is 32.2. The molecule has 0 bridgehead atoms. The molecule has 0 aromatic carbocycles. The van der Waals surface area contributed by atoms with Gasteiger partial charge >= 0.3 is 13.8 Å². The van der Waals surface area contributed by atoms with E-state index in [1.807, 2.05) is 21.1 Å². The van der Waals surface area contributed by atoms with Gasteiger partial charge in [-0.25, -0.2) is 4.57 Å². The summed E-state index contributed by atoms with van der Waals surface area (Å²) in [6, 6.07) is 0. The van der Waals surface area contributed by atoms with Crippen molar-refractivity contribution in [2.75, 3.05) is 40.9 Å². The summed E-state index contributed by atoms with van der Waals surface area (Å²) in [7, 11) is 1.30. The second-order valence-corrected chi connectivity index (χ2v) is 17.3. The first-order valence-electron chi connectivity index (χ1n) is 21.4. The number of phosphoric ester groups is 1. The zero-order valence-corrected chi connectivity index (χ0v) is 35.4. The van der Waals surface area contributed by atoms with E-state index in [9.17, 15) is 24.2 Å². The molecule has 52 heavy (non-hydrogen) atoms. The molecule has 0 aliphatic carbocycles. The number of Topliss-reactive ketones (excluding diaryl/α,β-unsaturated/α-hetero) is 1. The van der Waals surface area contributed by atoms with Crippen LogP contribution in [0.5, 0.6) is 0 Å². The number of aliphatic hydroxyl groups excluding tert-OH is 1. The molecule has 0 aromatic rings. The van der Waals surface area contributed by atoms with Crippen LogP contribution in [0.1, 0.15) is 194 Å². The lowest BCUT2D eigenvalue weighted by Crippen LogP contribution is -2.40. The number of rotatable bonds is 39. The molecule has 3 atom stereocenters. The Bertz CT molecular complexity index is 922. The zero-order valence-electron chi connectivity index (χ0n) is 34.5. The van der Waals surface area contributed by atoms with Crippen LogP contribution in [0.15, 0.2) is 12.2 Å². The number of quaternary nitrogens is 1. The van der Waals surface area contributed by atoms with Crippen LogP contribution in [0.4, 0.5) is 0 Å². The van der Waals surface area contributed by atoms with Crippen molar-refractivity contribution in [3.8, 4) is 0 Å². The number of hydrogen-bond acceptors (Lipinski definition) is 7. The van der Waals surface area contributed by atoms with Gasteiger partial charge in [-0.1, -0.05) is 154 Å². The number of unbranched alkanes of at least 4 members (excludes halogenated alkanes) is 23. The molecular formula is C42H83NO8P+. The van der Waals surface area contributed by atoms with Crippen LogP contribution in [0.2, 0.25) is 0 Å². The molecule has 0 saturated carbocycles. The largest absolute Gasteiger partial charge is 0.472 e. The van der Waals surface area contributed by atoms with Gasteiger partial charge in [0, 0.05) is 12.8 Å². The Hall–Kier alpha value is -1.09. The van der Waals surface area contributed by atoms with Crippen LogP contribution in [0.25, 0.3) is 0 Å². The molecule has 9 nitrogen and oxygen atoms in total. The van der Waals surface area contributed by atoms with E-state index in [2.05, 4.69) is 26.0 Å². The van der Waals surface area contributed by atoms with Crippen molar-refractivity contribution in [1.29, 1.82) is 0 Å². The molecule has 0 heterocycles. The van der Waals surface area contributed by atoms with Crippen LogP contribution >= 0.6 is 7.82 Å². The number of allylic oxidation sites excluding steroid dienone is 2. The molecule has 0 aliphatic rings. The maximum absolute atomic E-state index is 12.9. The van der Waals surface area contributed by atoms with Gasteiger partial charge in [0.1, 0.15) is 13.2 Å². The van der Waals surface area contributed by atoms with Crippen LogP contribution in [0.3, 0.4) is 0 Å². The molecule has 0 rings (SSSR count). The van der Waals surface area contributed by atoms with Crippen LogP contribution in [-0.2, 0) is 27.9 Å². The maximum Gasteiger partial charge on any atom is 0.472 e. The number of ketones is 1. The highest BCUT2D eigenvalue weighted by atomic mass is 31.2. The molecule has 10 heteroatoms. The SMILES string of the molecule is CCCCCCCC/C=C\CCCCCCCC(=O)O[C@@H](COP(=O)(O)OCC[N+](C)(C)C)C(O)C(=O)CCCCCCCCCCCCCCC. The van der Waals surface area contributed by atoms with E-state index in [1.54, 1.807) is 0 Å². The Kier molecular flexibility index (Phi) is 33.7. The molecular weight excluding hydrogens is 677 g/mol. The highest BCUT2D eigenvalue weighted by Gasteiger charge is 2.33. The summed E-state index contributed by atoms with van der Waals surface area (Å²) in [5, 5.41) is 10.9. The van der Waals surface area contributed by atoms with E-state index in [0.29, 0.717) is 23.9 Å². The van der Waals surface area contributed by atoms with Gasteiger partial charge in [0.2, 0.25) is 0 Å². The van der Waals surface area contributed by atoms with Crippen molar-refractivity contribution in [1.82, 2.24) is 0 Å².